The van der Waals surface area contributed by atoms with E-state index in [1.54, 1.807) is 24.3 Å². The number of anilines is 2. The number of hydrogen-bond donors (Lipinski definition) is 1. The van der Waals surface area contributed by atoms with Crippen LogP contribution in [0.25, 0.3) is 11.2 Å². The fourth-order valence-electron chi connectivity index (χ4n) is 4.48. The highest BCUT2D eigenvalue weighted by molar-refractivity contribution is 7.99. The Balaban J connectivity index is 1.30. The Labute approximate surface area is 216 Å². The minimum absolute atomic E-state index is 0.179. The topological polar surface area (TPSA) is 129 Å². The van der Waals surface area contributed by atoms with Crippen molar-refractivity contribution in [1.82, 2.24) is 24.4 Å². The number of hydrogen-bond acceptors (Lipinski definition) is 10. The molecule has 188 valence electrons. The van der Waals surface area contributed by atoms with E-state index in [-0.39, 0.29) is 31.0 Å². The van der Waals surface area contributed by atoms with E-state index in [0.29, 0.717) is 51.9 Å². The van der Waals surface area contributed by atoms with Crippen LogP contribution in [-0.4, -0.2) is 63.7 Å². The van der Waals surface area contributed by atoms with Gasteiger partial charge >= 0.3 is 0 Å². The van der Waals surface area contributed by atoms with Crippen LogP contribution in [0.15, 0.2) is 52.8 Å². The molecule has 0 radical (unpaired) electrons. The van der Waals surface area contributed by atoms with Gasteiger partial charge in [0.25, 0.3) is 11.8 Å². The van der Waals surface area contributed by atoms with E-state index in [9.17, 15) is 9.59 Å². The SMILES string of the molecule is CN(C)c1cc2c(cc1Sc1nc3c(N)ncnc3n1CCCN1C(=O)c3ccccc3C1=O)OCO2. The lowest BCUT2D eigenvalue weighted by molar-refractivity contribution is 0.0650. The molecule has 2 aromatic heterocycles. The molecule has 2 aromatic carbocycles. The van der Waals surface area contributed by atoms with Crippen LogP contribution in [0.4, 0.5) is 11.5 Å². The second kappa shape index (κ2) is 8.96. The zero-order valence-corrected chi connectivity index (χ0v) is 21.0. The van der Waals surface area contributed by atoms with Gasteiger partial charge in [-0.1, -0.05) is 12.1 Å². The summed E-state index contributed by atoms with van der Waals surface area (Å²) >= 11 is 1.45. The summed E-state index contributed by atoms with van der Waals surface area (Å²) in [4.78, 5) is 43.0. The number of carbonyl (C=O) groups is 2. The Morgan fingerprint density at radius 1 is 1.03 bits per heavy atom. The maximum absolute atomic E-state index is 12.8. The number of imidazole rings is 1. The van der Waals surface area contributed by atoms with Crippen LogP contribution in [0.1, 0.15) is 27.1 Å². The summed E-state index contributed by atoms with van der Waals surface area (Å²) in [5.74, 6) is 1.10. The summed E-state index contributed by atoms with van der Waals surface area (Å²) in [7, 11) is 3.91. The third-order valence-corrected chi connectivity index (χ3v) is 7.35. The summed E-state index contributed by atoms with van der Waals surface area (Å²) in [6.07, 6.45) is 1.91. The lowest BCUT2D eigenvalue weighted by Crippen LogP contribution is -2.31. The fourth-order valence-corrected chi connectivity index (χ4v) is 5.62. The molecule has 4 heterocycles. The third kappa shape index (κ3) is 3.89. The highest BCUT2D eigenvalue weighted by atomic mass is 32.2. The average molecular weight is 518 g/mol. The van der Waals surface area contributed by atoms with Crippen LogP contribution < -0.4 is 20.1 Å². The lowest BCUT2D eigenvalue weighted by Gasteiger charge is -2.18. The quantitative estimate of drug-likeness (QED) is 0.365. The summed E-state index contributed by atoms with van der Waals surface area (Å²) in [5.41, 5.74) is 9.03. The molecule has 0 aliphatic carbocycles. The normalized spacial score (nSPS) is 14.1. The zero-order chi connectivity index (χ0) is 25.7. The molecule has 37 heavy (non-hydrogen) atoms. The molecule has 0 unspecified atom stereocenters. The Kier molecular flexibility index (Phi) is 5.60. The monoisotopic (exact) mass is 517 g/mol. The van der Waals surface area contributed by atoms with Crippen molar-refractivity contribution in [2.24, 2.45) is 0 Å². The van der Waals surface area contributed by atoms with Gasteiger partial charge in [-0.2, -0.15) is 0 Å². The first-order chi connectivity index (χ1) is 17.9. The van der Waals surface area contributed by atoms with Crippen molar-refractivity contribution in [2.75, 3.05) is 38.1 Å². The molecule has 0 spiro atoms. The summed E-state index contributed by atoms with van der Waals surface area (Å²) in [5, 5.41) is 0.659. The molecule has 2 amide bonds. The van der Waals surface area contributed by atoms with E-state index in [1.807, 2.05) is 35.7 Å². The van der Waals surface area contributed by atoms with Gasteiger partial charge in [-0.15, -0.1) is 0 Å². The molecule has 4 aromatic rings. The van der Waals surface area contributed by atoms with Gasteiger partial charge in [0.05, 0.1) is 16.8 Å². The van der Waals surface area contributed by atoms with Crippen molar-refractivity contribution in [3.05, 3.63) is 53.9 Å². The number of fused-ring (bicyclic) bond motifs is 3. The molecule has 2 N–H and O–H groups in total. The summed E-state index contributed by atoms with van der Waals surface area (Å²) in [6, 6.07) is 10.8. The second-order valence-corrected chi connectivity index (χ2v) is 9.82. The third-order valence-electron chi connectivity index (χ3n) is 6.30. The van der Waals surface area contributed by atoms with Crippen molar-refractivity contribution in [3.63, 3.8) is 0 Å². The van der Waals surface area contributed by atoms with Gasteiger partial charge in [-0.25, -0.2) is 15.0 Å². The number of nitrogen functional groups attached to an aromatic ring is 1. The van der Waals surface area contributed by atoms with Crippen molar-refractivity contribution in [3.8, 4) is 11.5 Å². The number of ether oxygens (including phenoxy) is 2. The molecule has 11 nitrogen and oxygen atoms in total. The first-order valence-corrected chi connectivity index (χ1v) is 12.4. The molecule has 12 heteroatoms. The number of rotatable bonds is 7. The van der Waals surface area contributed by atoms with Gasteiger partial charge in [0, 0.05) is 44.2 Å². The molecular weight excluding hydrogens is 494 g/mol. The highest BCUT2D eigenvalue weighted by Gasteiger charge is 2.34. The van der Waals surface area contributed by atoms with Crippen molar-refractivity contribution < 1.29 is 19.1 Å². The first-order valence-electron chi connectivity index (χ1n) is 11.6. The van der Waals surface area contributed by atoms with Gasteiger partial charge in [0.15, 0.2) is 33.6 Å². The lowest BCUT2D eigenvalue weighted by atomic mass is 10.1. The molecule has 0 saturated carbocycles. The first kappa shape index (κ1) is 23.1. The largest absolute Gasteiger partial charge is 0.454 e. The van der Waals surface area contributed by atoms with E-state index < -0.39 is 0 Å². The molecular formula is C25H23N7O4S. The van der Waals surface area contributed by atoms with Crippen LogP contribution in [0, 0.1) is 0 Å². The average Bonchev–Trinajstić information content (AvgIpc) is 3.56. The Bertz CT molecular complexity index is 1530. The number of nitrogens with zero attached hydrogens (tertiary/aromatic N) is 6. The standard InChI is InChI=1S/C25H23N7O4S/c1-30(2)16-10-17-18(36-13-35-17)11-19(16)37-25-29-20-21(26)27-12-28-22(20)31(25)8-5-9-32-23(33)14-6-3-4-7-15(14)24(32)34/h3-4,6-7,10-12H,5,8-9,13H2,1-2H3,(H2,26,27,28). The van der Waals surface area contributed by atoms with Crippen molar-refractivity contribution >= 4 is 46.2 Å². The molecule has 0 atom stereocenters. The number of benzene rings is 2. The number of aryl methyl sites for hydroxylation is 1. The van der Waals surface area contributed by atoms with Gasteiger partial charge in [-0.05, 0) is 30.3 Å². The van der Waals surface area contributed by atoms with Crippen molar-refractivity contribution in [2.45, 2.75) is 23.0 Å². The van der Waals surface area contributed by atoms with Crippen molar-refractivity contribution in [1.29, 1.82) is 0 Å². The predicted molar refractivity (Wildman–Crippen MR) is 137 cm³/mol. The van der Waals surface area contributed by atoms with Crippen LogP contribution in [0.3, 0.4) is 0 Å². The molecule has 2 aliphatic rings. The number of nitrogens with two attached hydrogens (primary N) is 1. The fraction of sp³-hybridized carbons (Fsp3) is 0.240. The molecule has 0 bridgehead atoms. The van der Waals surface area contributed by atoms with E-state index in [2.05, 4.69) is 9.97 Å². The van der Waals surface area contributed by atoms with Crippen LogP contribution in [-0.2, 0) is 6.54 Å². The predicted octanol–water partition coefficient (Wildman–Crippen LogP) is 3.04. The smallest absolute Gasteiger partial charge is 0.261 e. The number of imide groups is 1. The Morgan fingerprint density at radius 3 is 2.43 bits per heavy atom. The minimum Gasteiger partial charge on any atom is -0.454 e. The van der Waals surface area contributed by atoms with E-state index in [4.69, 9.17) is 20.2 Å². The minimum atomic E-state index is -0.270. The van der Waals surface area contributed by atoms with E-state index >= 15 is 0 Å². The zero-order valence-electron chi connectivity index (χ0n) is 20.2. The molecule has 0 fully saturated rings. The molecule has 6 rings (SSSR count). The summed E-state index contributed by atoms with van der Waals surface area (Å²) < 4.78 is 13.1. The van der Waals surface area contributed by atoms with Crippen LogP contribution >= 0.6 is 11.8 Å². The van der Waals surface area contributed by atoms with Gasteiger partial charge in [-0.3, -0.25) is 14.5 Å². The second-order valence-electron chi connectivity index (χ2n) is 8.81. The van der Waals surface area contributed by atoms with Crippen LogP contribution in [0.2, 0.25) is 0 Å². The van der Waals surface area contributed by atoms with Crippen LogP contribution in [0.5, 0.6) is 11.5 Å². The molecule has 2 aliphatic heterocycles. The van der Waals surface area contributed by atoms with Gasteiger partial charge < -0.3 is 24.7 Å². The van der Waals surface area contributed by atoms with E-state index in [1.165, 1.54) is 23.0 Å². The van der Waals surface area contributed by atoms with E-state index in [0.717, 1.165) is 10.6 Å². The number of carbonyl (C=O) groups excluding carboxylic acids is 2. The maximum atomic E-state index is 12.8. The Hall–Kier alpha value is -4.32. The van der Waals surface area contributed by atoms with Gasteiger partial charge in [0.2, 0.25) is 6.79 Å². The highest BCUT2D eigenvalue weighted by Crippen LogP contribution is 2.44. The number of aromatic nitrogens is 4. The number of amides is 2. The maximum Gasteiger partial charge on any atom is 0.261 e. The summed E-state index contributed by atoms with van der Waals surface area (Å²) in [6.45, 7) is 0.910. The van der Waals surface area contributed by atoms with Gasteiger partial charge in [0.1, 0.15) is 6.33 Å². The Morgan fingerprint density at radius 2 is 1.73 bits per heavy atom. The molecule has 0 saturated heterocycles.